The lowest BCUT2D eigenvalue weighted by Gasteiger charge is -2.31. The number of anilines is 1. The summed E-state index contributed by atoms with van der Waals surface area (Å²) in [6.45, 7) is 2.84. The van der Waals surface area contributed by atoms with Gasteiger partial charge in [-0.15, -0.1) is 10.2 Å². The number of carbonyl (C=O) groups excluding carboxylic acids is 1. The molecule has 178 valence electrons. The summed E-state index contributed by atoms with van der Waals surface area (Å²) >= 11 is 1.24. The summed E-state index contributed by atoms with van der Waals surface area (Å²) in [5.41, 5.74) is 4.25. The van der Waals surface area contributed by atoms with Crippen molar-refractivity contribution < 1.29 is 13.2 Å². The van der Waals surface area contributed by atoms with Crippen molar-refractivity contribution in [2.24, 2.45) is 0 Å². The van der Waals surface area contributed by atoms with E-state index in [0.29, 0.717) is 28.7 Å². The molecule has 9 heteroatoms. The number of benzene rings is 2. The molecule has 1 atom stereocenters. The van der Waals surface area contributed by atoms with Crippen molar-refractivity contribution in [1.29, 1.82) is 0 Å². The molecule has 34 heavy (non-hydrogen) atoms. The average molecular weight is 497 g/mol. The summed E-state index contributed by atoms with van der Waals surface area (Å²) in [5, 5.41) is 12.2. The van der Waals surface area contributed by atoms with Crippen LogP contribution in [-0.4, -0.2) is 41.9 Å². The molecule has 7 nitrogen and oxygen atoms in total. The molecule has 5 rings (SSSR count). The molecule has 0 saturated carbocycles. The second kappa shape index (κ2) is 9.56. The van der Waals surface area contributed by atoms with Gasteiger partial charge in [0.1, 0.15) is 5.01 Å². The number of nitrogens with zero attached hydrogens (tertiary/aromatic N) is 3. The Morgan fingerprint density at radius 3 is 2.59 bits per heavy atom. The number of hydrogen-bond donors (Lipinski definition) is 1. The first-order chi connectivity index (χ1) is 16.4. The average Bonchev–Trinajstić information content (AvgIpc) is 3.36. The van der Waals surface area contributed by atoms with Crippen LogP contribution in [0, 0.1) is 6.92 Å². The van der Waals surface area contributed by atoms with Crippen LogP contribution in [0.3, 0.4) is 0 Å². The lowest BCUT2D eigenvalue weighted by molar-refractivity contribution is 0.102. The number of nitrogens with one attached hydrogen (secondary N) is 1. The van der Waals surface area contributed by atoms with Crippen molar-refractivity contribution in [2.45, 2.75) is 56.3 Å². The number of aromatic nitrogens is 2. The molecule has 0 spiro atoms. The Bertz CT molecular complexity index is 1300. The van der Waals surface area contributed by atoms with Crippen molar-refractivity contribution in [3.8, 4) is 0 Å². The van der Waals surface area contributed by atoms with Crippen LogP contribution in [-0.2, 0) is 22.9 Å². The molecule has 1 unspecified atom stereocenters. The monoisotopic (exact) mass is 496 g/mol. The molecular formula is C25H28N4O3S2. The molecule has 2 heterocycles. The van der Waals surface area contributed by atoms with E-state index in [2.05, 4.69) is 15.5 Å². The van der Waals surface area contributed by atoms with Crippen LogP contribution >= 0.6 is 11.3 Å². The zero-order chi connectivity index (χ0) is 23.7. The number of rotatable bonds is 5. The Balaban J connectivity index is 1.29. The summed E-state index contributed by atoms with van der Waals surface area (Å²) < 4.78 is 28.4. The lowest BCUT2D eigenvalue weighted by atomic mass is 9.92. The number of hydrogen-bond acceptors (Lipinski definition) is 6. The van der Waals surface area contributed by atoms with E-state index in [4.69, 9.17) is 0 Å². The zero-order valence-electron chi connectivity index (χ0n) is 19.2. The largest absolute Gasteiger partial charge is 0.320 e. The molecule has 0 bridgehead atoms. The summed E-state index contributed by atoms with van der Waals surface area (Å²) in [6.07, 6.45) is 5.82. The number of amides is 1. The van der Waals surface area contributed by atoms with Gasteiger partial charge in [0, 0.05) is 24.7 Å². The highest BCUT2D eigenvalue weighted by molar-refractivity contribution is 7.89. The van der Waals surface area contributed by atoms with Gasteiger partial charge in [0.2, 0.25) is 15.0 Å². The Morgan fingerprint density at radius 2 is 1.79 bits per heavy atom. The van der Waals surface area contributed by atoms with Gasteiger partial charge < -0.3 is 5.32 Å². The van der Waals surface area contributed by atoms with Crippen molar-refractivity contribution in [1.82, 2.24) is 14.5 Å². The molecule has 2 aliphatic rings. The van der Waals surface area contributed by atoms with Gasteiger partial charge >= 0.3 is 0 Å². The Kier molecular flexibility index (Phi) is 6.50. The fourth-order valence-electron chi connectivity index (χ4n) is 4.69. The molecule has 1 N–H and O–H groups in total. The van der Waals surface area contributed by atoms with Gasteiger partial charge in [-0.25, -0.2) is 8.42 Å². The number of carbonyl (C=O) groups is 1. The Labute approximate surface area is 204 Å². The molecule has 3 aromatic rings. The molecule has 1 saturated heterocycles. The Hall–Kier alpha value is -2.62. The predicted molar refractivity (Wildman–Crippen MR) is 133 cm³/mol. The van der Waals surface area contributed by atoms with E-state index < -0.39 is 10.0 Å². The minimum Gasteiger partial charge on any atom is -0.320 e. The summed E-state index contributed by atoms with van der Waals surface area (Å²) in [4.78, 5) is 13.0. The fourth-order valence-corrected chi connectivity index (χ4v) is 7.13. The number of aryl methyl sites for hydroxylation is 3. The van der Waals surface area contributed by atoms with Crippen LogP contribution in [0.2, 0.25) is 0 Å². The third-order valence-corrected chi connectivity index (χ3v) is 9.58. The van der Waals surface area contributed by atoms with Crippen molar-refractivity contribution in [2.75, 3.05) is 18.4 Å². The van der Waals surface area contributed by atoms with E-state index in [1.54, 1.807) is 10.4 Å². The molecule has 1 aliphatic heterocycles. The SMILES string of the molecule is Cc1ccc(NC(=O)c2nnc(C3CCCN(S(=O)(=O)c4ccc5c(c4)CCCC5)C3)s2)cc1. The number of piperidine rings is 1. The normalized spacial score (nSPS) is 18.9. The topological polar surface area (TPSA) is 92.3 Å². The van der Waals surface area contributed by atoms with Crippen LogP contribution in [0.15, 0.2) is 47.4 Å². The molecule has 1 aliphatic carbocycles. The third kappa shape index (κ3) is 4.78. The minimum atomic E-state index is -3.58. The molecular weight excluding hydrogens is 468 g/mol. The molecule has 1 fully saturated rings. The molecule has 1 aromatic heterocycles. The van der Waals surface area contributed by atoms with Crippen molar-refractivity contribution in [3.05, 3.63) is 69.2 Å². The molecule has 0 radical (unpaired) electrons. The standard InChI is InChI=1S/C25H28N4O3S2/c1-17-8-11-21(12-9-17)26-23(30)25-28-27-24(33-25)20-7-4-14-29(16-20)34(31,32)22-13-10-18-5-2-3-6-19(18)15-22/h8-13,15,20H,2-7,14,16H2,1H3,(H,26,30). The fraction of sp³-hybridized carbons (Fsp3) is 0.400. The molecule has 2 aromatic carbocycles. The van der Waals surface area contributed by atoms with Gasteiger partial charge in [-0.05, 0) is 80.8 Å². The summed E-state index contributed by atoms with van der Waals surface area (Å²) in [6, 6.07) is 13.2. The first-order valence-corrected chi connectivity index (χ1v) is 14.0. The van der Waals surface area contributed by atoms with Gasteiger partial charge in [0.15, 0.2) is 0 Å². The highest BCUT2D eigenvalue weighted by atomic mass is 32.2. The van der Waals surface area contributed by atoms with Crippen LogP contribution < -0.4 is 5.32 Å². The minimum absolute atomic E-state index is 0.0698. The van der Waals surface area contributed by atoms with Crippen LogP contribution in [0.25, 0.3) is 0 Å². The quantitative estimate of drug-likeness (QED) is 0.560. The van der Waals surface area contributed by atoms with E-state index >= 15 is 0 Å². The predicted octanol–water partition coefficient (Wildman–Crippen LogP) is 4.55. The van der Waals surface area contributed by atoms with E-state index in [-0.39, 0.29) is 16.8 Å². The number of fused-ring (bicyclic) bond motifs is 1. The van der Waals surface area contributed by atoms with Gasteiger partial charge in [0.25, 0.3) is 5.91 Å². The Morgan fingerprint density at radius 1 is 1.03 bits per heavy atom. The number of sulfonamides is 1. The maximum absolute atomic E-state index is 13.4. The smallest absolute Gasteiger partial charge is 0.286 e. The van der Waals surface area contributed by atoms with E-state index in [1.165, 1.54) is 23.3 Å². The van der Waals surface area contributed by atoms with Gasteiger partial charge in [-0.1, -0.05) is 35.1 Å². The van der Waals surface area contributed by atoms with Gasteiger partial charge in [-0.3, -0.25) is 4.79 Å². The maximum atomic E-state index is 13.4. The van der Waals surface area contributed by atoms with Crippen LogP contribution in [0.4, 0.5) is 5.69 Å². The van der Waals surface area contributed by atoms with Crippen molar-refractivity contribution in [3.63, 3.8) is 0 Å². The van der Waals surface area contributed by atoms with E-state index in [1.807, 2.05) is 43.3 Å². The third-order valence-electron chi connectivity index (χ3n) is 6.64. The van der Waals surface area contributed by atoms with Crippen LogP contribution in [0.5, 0.6) is 0 Å². The highest BCUT2D eigenvalue weighted by Crippen LogP contribution is 2.33. The maximum Gasteiger partial charge on any atom is 0.286 e. The second-order valence-corrected chi connectivity index (χ2v) is 12.1. The second-order valence-electron chi connectivity index (χ2n) is 9.11. The highest BCUT2D eigenvalue weighted by Gasteiger charge is 2.33. The summed E-state index contributed by atoms with van der Waals surface area (Å²) in [5.74, 6) is -0.374. The van der Waals surface area contributed by atoms with Gasteiger partial charge in [0.05, 0.1) is 4.90 Å². The molecule has 1 amide bonds. The van der Waals surface area contributed by atoms with E-state index in [0.717, 1.165) is 43.2 Å². The van der Waals surface area contributed by atoms with E-state index in [9.17, 15) is 13.2 Å². The zero-order valence-corrected chi connectivity index (χ0v) is 20.8. The lowest BCUT2D eigenvalue weighted by Crippen LogP contribution is -2.39. The van der Waals surface area contributed by atoms with Crippen molar-refractivity contribution >= 4 is 33.0 Å². The van der Waals surface area contributed by atoms with Crippen LogP contribution in [0.1, 0.15) is 63.1 Å². The summed E-state index contributed by atoms with van der Waals surface area (Å²) in [7, 11) is -3.58. The van der Waals surface area contributed by atoms with Gasteiger partial charge in [-0.2, -0.15) is 4.31 Å². The first-order valence-electron chi connectivity index (χ1n) is 11.7. The first kappa shape index (κ1) is 23.1.